The molecule has 31 heavy (non-hydrogen) atoms. The monoisotopic (exact) mass is 414 g/mol. The molecule has 0 amide bonds. The summed E-state index contributed by atoms with van der Waals surface area (Å²) in [6.45, 7) is 3.79. The molecule has 4 rings (SSSR count). The third kappa shape index (κ3) is 4.00. The van der Waals surface area contributed by atoms with Gasteiger partial charge < -0.3 is 5.73 Å². The van der Waals surface area contributed by atoms with Crippen LogP contribution in [0, 0.1) is 17.0 Å². The SMILES string of the molecule is Cc1nc(N)c(C(C)c2cccc(-c3cnn(C)c3)c2)c(-c2cccc([N+](=O)[O-])c2)n1. The Bertz CT molecular complexity index is 1280. The molecular formula is C23H22N6O2. The summed E-state index contributed by atoms with van der Waals surface area (Å²) < 4.78 is 1.76. The number of hydrogen-bond acceptors (Lipinski definition) is 6. The number of nitrogens with two attached hydrogens (primary N) is 1. The minimum Gasteiger partial charge on any atom is -0.383 e. The molecule has 8 heteroatoms. The van der Waals surface area contributed by atoms with Gasteiger partial charge in [0.1, 0.15) is 11.6 Å². The van der Waals surface area contributed by atoms with E-state index in [0.717, 1.165) is 22.3 Å². The van der Waals surface area contributed by atoms with E-state index in [1.54, 1.807) is 23.7 Å². The molecule has 8 nitrogen and oxygen atoms in total. The van der Waals surface area contributed by atoms with Gasteiger partial charge in [0, 0.05) is 48.0 Å². The minimum absolute atomic E-state index is 0.00418. The Labute approximate surface area is 179 Å². The number of rotatable bonds is 5. The number of hydrogen-bond donors (Lipinski definition) is 1. The summed E-state index contributed by atoms with van der Waals surface area (Å²) in [6.07, 6.45) is 3.78. The molecule has 0 radical (unpaired) electrons. The maximum Gasteiger partial charge on any atom is 0.270 e. The number of nitro benzene ring substituents is 1. The van der Waals surface area contributed by atoms with Crippen LogP contribution in [-0.2, 0) is 7.05 Å². The zero-order valence-electron chi connectivity index (χ0n) is 17.5. The lowest BCUT2D eigenvalue weighted by atomic mass is 9.88. The quantitative estimate of drug-likeness (QED) is 0.380. The standard InChI is InChI=1S/C23H22N6O2/c1-14(16-6-4-7-17(10-16)19-12-25-28(3)13-19)21-22(26-15(2)27-23(21)24)18-8-5-9-20(11-18)29(30)31/h4-14H,1-3H3,(H2,24,26,27). The molecule has 0 saturated carbocycles. The molecule has 0 aliphatic rings. The lowest BCUT2D eigenvalue weighted by molar-refractivity contribution is -0.384. The van der Waals surface area contributed by atoms with Gasteiger partial charge in [0.2, 0.25) is 0 Å². The average Bonchev–Trinajstić information content (AvgIpc) is 3.19. The van der Waals surface area contributed by atoms with Gasteiger partial charge in [-0.15, -0.1) is 0 Å². The Morgan fingerprint density at radius 3 is 2.52 bits per heavy atom. The Hall–Kier alpha value is -4.07. The van der Waals surface area contributed by atoms with Crippen molar-refractivity contribution in [1.29, 1.82) is 0 Å². The molecule has 1 unspecified atom stereocenters. The molecule has 0 saturated heterocycles. The number of non-ortho nitro benzene ring substituents is 1. The van der Waals surface area contributed by atoms with Crippen LogP contribution in [0.4, 0.5) is 11.5 Å². The fraction of sp³-hybridized carbons (Fsp3) is 0.174. The first-order valence-electron chi connectivity index (χ1n) is 9.81. The van der Waals surface area contributed by atoms with Crippen LogP contribution >= 0.6 is 0 Å². The van der Waals surface area contributed by atoms with Gasteiger partial charge in [0.15, 0.2) is 0 Å². The number of aryl methyl sites for hydroxylation is 2. The summed E-state index contributed by atoms with van der Waals surface area (Å²) in [7, 11) is 1.88. The molecule has 4 aromatic rings. The van der Waals surface area contributed by atoms with Crippen LogP contribution < -0.4 is 5.73 Å². The van der Waals surface area contributed by atoms with Crippen LogP contribution in [0.1, 0.15) is 29.8 Å². The third-order valence-corrected chi connectivity index (χ3v) is 5.28. The first-order chi connectivity index (χ1) is 14.8. The molecule has 2 aromatic carbocycles. The zero-order valence-corrected chi connectivity index (χ0v) is 17.5. The lowest BCUT2D eigenvalue weighted by Crippen LogP contribution is -2.09. The van der Waals surface area contributed by atoms with Crippen LogP contribution in [-0.4, -0.2) is 24.7 Å². The number of aromatic nitrogens is 4. The second-order valence-corrected chi connectivity index (χ2v) is 7.48. The van der Waals surface area contributed by atoms with Crippen LogP contribution in [0.3, 0.4) is 0 Å². The van der Waals surface area contributed by atoms with Gasteiger partial charge in [0.05, 0.1) is 16.8 Å². The number of anilines is 1. The van der Waals surface area contributed by atoms with Crippen molar-refractivity contribution in [2.75, 3.05) is 5.73 Å². The molecule has 2 N–H and O–H groups in total. The summed E-state index contributed by atoms with van der Waals surface area (Å²) >= 11 is 0. The molecular weight excluding hydrogens is 392 g/mol. The Morgan fingerprint density at radius 2 is 1.81 bits per heavy atom. The molecule has 0 aliphatic heterocycles. The second-order valence-electron chi connectivity index (χ2n) is 7.48. The van der Waals surface area contributed by atoms with Crippen molar-refractivity contribution in [2.24, 2.45) is 7.05 Å². The predicted molar refractivity (Wildman–Crippen MR) is 119 cm³/mol. The van der Waals surface area contributed by atoms with Crippen LogP contribution in [0.25, 0.3) is 22.4 Å². The molecule has 0 spiro atoms. The van der Waals surface area contributed by atoms with Gasteiger partial charge in [-0.3, -0.25) is 14.8 Å². The summed E-state index contributed by atoms with van der Waals surface area (Å²) in [5.41, 5.74) is 11.4. The van der Waals surface area contributed by atoms with E-state index in [4.69, 9.17) is 5.73 Å². The van der Waals surface area contributed by atoms with Gasteiger partial charge in [-0.2, -0.15) is 5.10 Å². The Morgan fingerprint density at radius 1 is 1.06 bits per heavy atom. The van der Waals surface area contributed by atoms with E-state index in [2.05, 4.69) is 21.1 Å². The smallest absolute Gasteiger partial charge is 0.270 e. The van der Waals surface area contributed by atoms with Crippen LogP contribution in [0.2, 0.25) is 0 Å². The highest BCUT2D eigenvalue weighted by molar-refractivity contribution is 5.72. The lowest BCUT2D eigenvalue weighted by Gasteiger charge is -2.19. The minimum atomic E-state index is -0.415. The van der Waals surface area contributed by atoms with Gasteiger partial charge in [-0.1, -0.05) is 43.3 Å². The summed E-state index contributed by atoms with van der Waals surface area (Å²) in [5, 5.41) is 15.5. The molecule has 0 aliphatic carbocycles. The molecule has 0 fully saturated rings. The Kier molecular flexibility index (Phi) is 5.21. The van der Waals surface area contributed by atoms with E-state index in [1.165, 1.54) is 12.1 Å². The van der Waals surface area contributed by atoms with Crippen molar-refractivity contribution >= 4 is 11.5 Å². The predicted octanol–water partition coefficient (Wildman–Crippen LogP) is 4.49. The van der Waals surface area contributed by atoms with Crippen LogP contribution in [0.5, 0.6) is 0 Å². The first kappa shape index (κ1) is 20.2. The van der Waals surface area contributed by atoms with Gasteiger partial charge in [-0.25, -0.2) is 9.97 Å². The number of nitro groups is 1. The highest BCUT2D eigenvalue weighted by atomic mass is 16.6. The highest BCUT2D eigenvalue weighted by Crippen LogP contribution is 2.37. The van der Waals surface area contributed by atoms with Crippen molar-refractivity contribution in [3.05, 3.63) is 88.0 Å². The second kappa shape index (κ2) is 7.98. The highest BCUT2D eigenvalue weighted by Gasteiger charge is 2.22. The van der Waals surface area contributed by atoms with Crippen molar-refractivity contribution in [1.82, 2.24) is 19.7 Å². The largest absolute Gasteiger partial charge is 0.383 e. The summed E-state index contributed by atoms with van der Waals surface area (Å²) in [6, 6.07) is 14.6. The molecule has 0 bridgehead atoms. The number of benzene rings is 2. The topological polar surface area (TPSA) is 113 Å². The Balaban J connectivity index is 1.83. The molecule has 156 valence electrons. The number of nitrogens with zero attached hydrogens (tertiary/aromatic N) is 5. The molecule has 2 heterocycles. The molecule has 1 atom stereocenters. The number of nitrogen functional groups attached to an aromatic ring is 1. The molecule has 2 aromatic heterocycles. The van der Waals surface area contributed by atoms with E-state index >= 15 is 0 Å². The average molecular weight is 414 g/mol. The van der Waals surface area contributed by atoms with Gasteiger partial charge in [0.25, 0.3) is 5.69 Å². The van der Waals surface area contributed by atoms with E-state index in [-0.39, 0.29) is 11.6 Å². The normalized spacial score (nSPS) is 12.0. The van der Waals surface area contributed by atoms with E-state index < -0.39 is 4.92 Å². The van der Waals surface area contributed by atoms with Crippen molar-refractivity contribution in [3.8, 4) is 22.4 Å². The van der Waals surface area contributed by atoms with E-state index in [1.807, 2.05) is 44.6 Å². The van der Waals surface area contributed by atoms with Crippen molar-refractivity contribution in [2.45, 2.75) is 19.8 Å². The van der Waals surface area contributed by atoms with Crippen molar-refractivity contribution in [3.63, 3.8) is 0 Å². The van der Waals surface area contributed by atoms with Gasteiger partial charge in [-0.05, 0) is 18.1 Å². The fourth-order valence-corrected chi connectivity index (χ4v) is 3.74. The van der Waals surface area contributed by atoms with E-state index in [0.29, 0.717) is 22.9 Å². The van der Waals surface area contributed by atoms with Gasteiger partial charge >= 0.3 is 0 Å². The third-order valence-electron chi connectivity index (χ3n) is 5.28. The zero-order chi connectivity index (χ0) is 22.1. The van der Waals surface area contributed by atoms with E-state index in [9.17, 15) is 10.1 Å². The van der Waals surface area contributed by atoms with Crippen molar-refractivity contribution < 1.29 is 4.92 Å². The maximum absolute atomic E-state index is 11.3. The first-order valence-corrected chi connectivity index (χ1v) is 9.81. The fourth-order valence-electron chi connectivity index (χ4n) is 3.74. The van der Waals surface area contributed by atoms with Crippen LogP contribution in [0.15, 0.2) is 60.9 Å². The summed E-state index contributed by atoms with van der Waals surface area (Å²) in [5.74, 6) is 0.749. The maximum atomic E-state index is 11.3. The summed E-state index contributed by atoms with van der Waals surface area (Å²) in [4.78, 5) is 19.8.